The Bertz CT molecular complexity index is 152. The summed E-state index contributed by atoms with van der Waals surface area (Å²) in [6.45, 7) is 6.03. The van der Waals surface area contributed by atoms with Crippen molar-refractivity contribution in [3.05, 3.63) is 0 Å². The second-order valence-electron chi connectivity index (χ2n) is 4.31. The molecule has 0 aromatic heterocycles. The van der Waals surface area contributed by atoms with E-state index in [4.69, 9.17) is 4.74 Å². The first kappa shape index (κ1) is 12.0. The van der Waals surface area contributed by atoms with E-state index >= 15 is 0 Å². The molecule has 0 bridgehead atoms. The highest BCUT2D eigenvalue weighted by Crippen LogP contribution is 2.16. The van der Waals surface area contributed by atoms with E-state index in [1.807, 2.05) is 0 Å². The molecule has 0 aliphatic carbocycles. The SMILES string of the molecule is CCCC(O)CN1CCC(COC)C1. The van der Waals surface area contributed by atoms with Crippen molar-refractivity contribution >= 4 is 0 Å². The molecule has 3 heteroatoms. The van der Waals surface area contributed by atoms with Gasteiger partial charge in [-0.1, -0.05) is 13.3 Å². The number of rotatable bonds is 6. The molecule has 84 valence electrons. The third kappa shape index (κ3) is 3.95. The Kier molecular flexibility index (Phi) is 5.45. The van der Waals surface area contributed by atoms with Crippen LogP contribution in [0, 0.1) is 5.92 Å². The molecule has 1 N–H and O–H groups in total. The van der Waals surface area contributed by atoms with Crippen molar-refractivity contribution in [1.29, 1.82) is 0 Å². The molecule has 1 aliphatic heterocycles. The van der Waals surface area contributed by atoms with Crippen molar-refractivity contribution in [1.82, 2.24) is 4.90 Å². The number of aliphatic hydroxyl groups is 1. The minimum absolute atomic E-state index is 0.138. The summed E-state index contributed by atoms with van der Waals surface area (Å²) in [7, 11) is 1.76. The minimum atomic E-state index is -0.138. The number of aliphatic hydroxyl groups excluding tert-OH is 1. The third-order valence-electron chi connectivity index (χ3n) is 2.86. The van der Waals surface area contributed by atoms with Gasteiger partial charge in [0.15, 0.2) is 0 Å². The fraction of sp³-hybridized carbons (Fsp3) is 1.00. The van der Waals surface area contributed by atoms with Crippen LogP contribution >= 0.6 is 0 Å². The van der Waals surface area contributed by atoms with Crippen LogP contribution in [0.1, 0.15) is 26.2 Å². The van der Waals surface area contributed by atoms with Gasteiger partial charge < -0.3 is 14.7 Å². The van der Waals surface area contributed by atoms with Crippen LogP contribution in [0.2, 0.25) is 0 Å². The first-order valence-electron chi connectivity index (χ1n) is 5.65. The molecule has 3 nitrogen and oxygen atoms in total. The summed E-state index contributed by atoms with van der Waals surface area (Å²) in [4.78, 5) is 2.35. The molecule has 0 saturated carbocycles. The van der Waals surface area contributed by atoms with E-state index in [0.717, 1.165) is 39.1 Å². The molecule has 2 unspecified atom stereocenters. The lowest BCUT2D eigenvalue weighted by molar-refractivity contribution is 0.108. The number of likely N-dealkylation sites (tertiary alicyclic amines) is 1. The summed E-state index contributed by atoms with van der Waals surface area (Å²) in [6, 6.07) is 0. The summed E-state index contributed by atoms with van der Waals surface area (Å²) < 4.78 is 5.14. The topological polar surface area (TPSA) is 32.7 Å². The zero-order chi connectivity index (χ0) is 10.4. The van der Waals surface area contributed by atoms with Gasteiger partial charge in [0.2, 0.25) is 0 Å². The van der Waals surface area contributed by atoms with Gasteiger partial charge in [0.25, 0.3) is 0 Å². The normalized spacial score (nSPS) is 25.5. The molecular formula is C11H23NO2. The first-order valence-corrected chi connectivity index (χ1v) is 5.65. The number of ether oxygens (including phenoxy) is 1. The Hall–Kier alpha value is -0.120. The quantitative estimate of drug-likeness (QED) is 0.699. The van der Waals surface area contributed by atoms with Crippen LogP contribution in [-0.4, -0.2) is 49.5 Å². The highest BCUT2D eigenvalue weighted by atomic mass is 16.5. The van der Waals surface area contributed by atoms with Gasteiger partial charge in [0, 0.05) is 20.2 Å². The lowest BCUT2D eigenvalue weighted by Gasteiger charge is -2.19. The maximum absolute atomic E-state index is 9.65. The van der Waals surface area contributed by atoms with E-state index in [2.05, 4.69) is 11.8 Å². The van der Waals surface area contributed by atoms with Crippen LogP contribution in [0.25, 0.3) is 0 Å². The molecule has 0 amide bonds. The lowest BCUT2D eigenvalue weighted by atomic mass is 10.1. The predicted molar refractivity (Wildman–Crippen MR) is 57.3 cm³/mol. The van der Waals surface area contributed by atoms with Crippen molar-refractivity contribution < 1.29 is 9.84 Å². The molecule has 1 fully saturated rings. The minimum Gasteiger partial charge on any atom is -0.392 e. The van der Waals surface area contributed by atoms with Crippen molar-refractivity contribution in [2.45, 2.75) is 32.3 Å². The van der Waals surface area contributed by atoms with Gasteiger partial charge >= 0.3 is 0 Å². The van der Waals surface area contributed by atoms with Crippen molar-refractivity contribution in [3.8, 4) is 0 Å². The van der Waals surface area contributed by atoms with E-state index in [9.17, 15) is 5.11 Å². The average molecular weight is 201 g/mol. The summed E-state index contributed by atoms with van der Waals surface area (Å²) >= 11 is 0. The van der Waals surface area contributed by atoms with Crippen molar-refractivity contribution in [2.75, 3.05) is 33.4 Å². The number of β-amino-alcohol motifs (C(OH)–C–C–N with tert-alkyl or cyclic N) is 1. The summed E-state index contributed by atoms with van der Waals surface area (Å²) in [5.74, 6) is 0.675. The summed E-state index contributed by atoms with van der Waals surface area (Å²) in [6.07, 6.45) is 3.07. The number of hydrogen-bond acceptors (Lipinski definition) is 3. The molecule has 1 rings (SSSR count). The van der Waals surface area contributed by atoms with Gasteiger partial charge in [0.1, 0.15) is 0 Å². The van der Waals surface area contributed by atoms with Crippen LogP contribution in [-0.2, 0) is 4.74 Å². The second kappa shape index (κ2) is 6.38. The molecule has 1 aliphatic rings. The fourth-order valence-corrected chi connectivity index (χ4v) is 2.17. The molecule has 1 saturated heterocycles. The second-order valence-corrected chi connectivity index (χ2v) is 4.31. The molecule has 0 radical (unpaired) electrons. The van der Waals surface area contributed by atoms with E-state index in [-0.39, 0.29) is 6.10 Å². The van der Waals surface area contributed by atoms with Gasteiger partial charge in [-0.15, -0.1) is 0 Å². The van der Waals surface area contributed by atoms with Crippen LogP contribution in [0.5, 0.6) is 0 Å². The molecule has 0 aromatic carbocycles. The maximum atomic E-state index is 9.65. The average Bonchev–Trinajstić information content (AvgIpc) is 2.53. The Morgan fingerprint density at radius 3 is 3.00 bits per heavy atom. The zero-order valence-electron chi connectivity index (χ0n) is 9.41. The molecular weight excluding hydrogens is 178 g/mol. The van der Waals surface area contributed by atoms with E-state index in [0.29, 0.717) is 5.92 Å². The smallest absolute Gasteiger partial charge is 0.0667 e. The van der Waals surface area contributed by atoms with Gasteiger partial charge in [-0.3, -0.25) is 0 Å². The van der Waals surface area contributed by atoms with Crippen molar-refractivity contribution in [3.63, 3.8) is 0 Å². The molecule has 0 spiro atoms. The maximum Gasteiger partial charge on any atom is 0.0667 e. The number of hydrogen-bond donors (Lipinski definition) is 1. The summed E-state index contributed by atoms with van der Waals surface area (Å²) in [5.41, 5.74) is 0. The number of methoxy groups -OCH3 is 1. The Morgan fingerprint density at radius 1 is 1.57 bits per heavy atom. The molecule has 14 heavy (non-hydrogen) atoms. The van der Waals surface area contributed by atoms with Crippen LogP contribution in [0.3, 0.4) is 0 Å². The Labute approximate surface area is 87.1 Å². The molecule has 1 heterocycles. The van der Waals surface area contributed by atoms with Crippen LogP contribution in [0.15, 0.2) is 0 Å². The molecule has 2 atom stereocenters. The largest absolute Gasteiger partial charge is 0.392 e. The van der Waals surface area contributed by atoms with Gasteiger partial charge in [-0.25, -0.2) is 0 Å². The van der Waals surface area contributed by atoms with Crippen LogP contribution in [0.4, 0.5) is 0 Å². The Balaban J connectivity index is 2.15. The predicted octanol–water partition coefficient (Wildman–Crippen LogP) is 1.12. The zero-order valence-corrected chi connectivity index (χ0v) is 9.41. The van der Waals surface area contributed by atoms with E-state index in [1.165, 1.54) is 6.42 Å². The van der Waals surface area contributed by atoms with Crippen molar-refractivity contribution in [2.24, 2.45) is 5.92 Å². The number of nitrogens with zero attached hydrogens (tertiary/aromatic N) is 1. The third-order valence-corrected chi connectivity index (χ3v) is 2.86. The summed E-state index contributed by atoms with van der Waals surface area (Å²) in [5, 5.41) is 9.65. The first-order chi connectivity index (χ1) is 6.76. The standard InChI is InChI=1S/C11H23NO2/c1-3-4-11(13)8-12-6-5-10(7-12)9-14-2/h10-11,13H,3-9H2,1-2H3. The highest BCUT2D eigenvalue weighted by molar-refractivity contribution is 4.77. The van der Waals surface area contributed by atoms with E-state index in [1.54, 1.807) is 7.11 Å². The van der Waals surface area contributed by atoms with Gasteiger partial charge in [-0.2, -0.15) is 0 Å². The van der Waals surface area contributed by atoms with E-state index < -0.39 is 0 Å². The Morgan fingerprint density at radius 2 is 2.36 bits per heavy atom. The van der Waals surface area contributed by atoms with Gasteiger partial charge in [0.05, 0.1) is 12.7 Å². The van der Waals surface area contributed by atoms with Gasteiger partial charge in [-0.05, 0) is 25.3 Å². The fourth-order valence-electron chi connectivity index (χ4n) is 2.17. The lowest BCUT2D eigenvalue weighted by Crippen LogP contribution is -2.31. The molecule has 0 aromatic rings. The highest BCUT2D eigenvalue weighted by Gasteiger charge is 2.23. The monoisotopic (exact) mass is 201 g/mol. The van der Waals surface area contributed by atoms with Crippen LogP contribution < -0.4 is 0 Å².